The van der Waals surface area contributed by atoms with Gasteiger partial charge in [-0.1, -0.05) is 0 Å². The van der Waals surface area contributed by atoms with E-state index in [1.165, 1.54) is 0 Å². The van der Waals surface area contributed by atoms with Crippen LogP contribution in [0.3, 0.4) is 0 Å². The number of allylic oxidation sites excluding steroid dienone is 8. The summed E-state index contributed by atoms with van der Waals surface area (Å²) < 4.78 is 0. The molecule has 1 aromatic carbocycles. The number of nitrogens with zero attached hydrogens (tertiary/aromatic N) is 10. The first-order chi connectivity index (χ1) is 16.5. The van der Waals surface area contributed by atoms with Gasteiger partial charge in [-0.2, -0.15) is 52.6 Å². The summed E-state index contributed by atoms with van der Waals surface area (Å²) in [6.45, 7) is 0. The van der Waals surface area contributed by atoms with Crippen LogP contribution in [0, 0.1) is 113 Å². The zero-order valence-corrected chi connectivity index (χ0v) is 16.5. The molecule has 34 heavy (non-hydrogen) atoms. The van der Waals surface area contributed by atoms with E-state index in [9.17, 15) is 52.6 Å². The van der Waals surface area contributed by atoms with Crippen molar-refractivity contribution in [2.75, 3.05) is 0 Å². The average Bonchev–Trinajstić information content (AvgIpc) is 3.37. The van der Waals surface area contributed by atoms with Gasteiger partial charge in [-0.3, -0.25) is 0 Å². The standard InChI is InChI=1S/C24N10/c25-1-11(2-26)19-13(5-29)15(7-31)21-17(9-33)22-16(8-32)14(6-30)20(12(3-27)4-28)24(22)18(10-34)23(19)21. The molecule has 0 heterocycles. The molecule has 0 fully saturated rings. The lowest BCUT2D eigenvalue weighted by Gasteiger charge is -2.15. The average molecular weight is 428 g/mol. The Morgan fingerprint density at radius 3 is 0.882 bits per heavy atom. The third-order valence-corrected chi connectivity index (χ3v) is 5.12. The molecular weight excluding hydrogens is 428 g/mol. The van der Waals surface area contributed by atoms with Crippen molar-refractivity contribution in [2.24, 2.45) is 0 Å². The first kappa shape index (κ1) is 21.8. The molecule has 0 spiro atoms. The second-order valence-electron chi connectivity index (χ2n) is 6.37. The molecule has 3 rings (SSSR count). The smallest absolute Gasteiger partial charge is 0.138 e. The molecule has 0 aliphatic heterocycles. The predicted molar refractivity (Wildman–Crippen MR) is 108 cm³/mol. The molecule has 2 aliphatic carbocycles. The molecule has 10 heteroatoms. The van der Waals surface area contributed by atoms with Gasteiger partial charge < -0.3 is 0 Å². The first-order valence-corrected chi connectivity index (χ1v) is 8.74. The van der Waals surface area contributed by atoms with Gasteiger partial charge in [0, 0.05) is 33.4 Å². The molecule has 0 bridgehead atoms. The second kappa shape index (κ2) is 8.07. The minimum atomic E-state index is -0.623. The molecule has 146 valence electrons. The van der Waals surface area contributed by atoms with Crippen molar-refractivity contribution in [1.29, 1.82) is 52.6 Å². The van der Waals surface area contributed by atoms with Crippen molar-refractivity contribution >= 4 is 22.3 Å². The van der Waals surface area contributed by atoms with Gasteiger partial charge in [0.1, 0.15) is 71.8 Å². The maximum atomic E-state index is 10.1. The van der Waals surface area contributed by atoms with Crippen LogP contribution in [0.15, 0.2) is 22.3 Å². The summed E-state index contributed by atoms with van der Waals surface area (Å²) >= 11 is 0. The van der Waals surface area contributed by atoms with Crippen molar-refractivity contribution in [2.45, 2.75) is 0 Å². The highest BCUT2D eigenvalue weighted by atomic mass is 14.5. The number of nitriles is 10. The minimum Gasteiger partial charge on any atom is -0.192 e. The van der Waals surface area contributed by atoms with Gasteiger partial charge in [0.2, 0.25) is 0 Å². The molecule has 0 unspecified atom stereocenters. The van der Waals surface area contributed by atoms with Crippen LogP contribution in [0.2, 0.25) is 0 Å². The summed E-state index contributed by atoms with van der Waals surface area (Å²) in [7, 11) is 0. The summed E-state index contributed by atoms with van der Waals surface area (Å²) in [5.41, 5.74) is -5.48. The number of fused-ring (bicyclic) bond motifs is 2. The fourth-order valence-electron chi connectivity index (χ4n) is 3.94. The van der Waals surface area contributed by atoms with E-state index in [2.05, 4.69) is 0 Å². The summed E-state index contributed by atoms with van der Waals surface area (Å²) in [6, 6.07) is 17.0. The summed E-state index contributed by atoms with van der Waals surface area (Å²) in [5.74, 6) is 0. The molecule has 0 saturated carbocycles. The van der Waals surface area contributed by atoms with Crippen molar-refractivity contribution in [1.82, 2.24) is 0 Å². The van der Waals surface area contributed by atoms with Crippen molar-refractivity contribution in [3.8, 4) is 60.7 Å². The van der Waals surface area contributed by atoms with E-state index in [-0.39, 0.29) is 39.0 Å². The quantitative estimate of drug-likeness (QED) is 0.547. The fraction of sp³-hybridized carbons (Fsp3) is 0. The topological polar surface area (TPSA) is 238 Å². The molecule has 1 aromatic rings. The van der Waals surface area contributed by atoms with Gasteiger partial charge in [-0.25, -0.2) is 0 Å². The van der Waals surface area contributed by atoms with Crippen LogP contribution < -0.4 is 0 Å². The number of hydrogen-bond acceptors (Lipinski definition) is 10. The van der Waals surface area contributed by atoms with Crippen LogP contribution in [0.4, 0.5) is 0 Å². The van der Waals surface area contributed by atoms with Crippen molar-refractivity contribution in [3.05, 3.63) is 55.7 Å². The highest BCUT2D eigenvalue weighted by molar-refractivity contribution is 6.18. The van der Waals surface area contributed by atoms with E-state index in [1.807, 2.05) is 12.1 Å². The SMILES string of the molecule is N#CC(C#N)=C1C(C#N)=C(C#N)c2c(C#N)c3c(c(C#N)c21)C(=C(C#N)C#N)C(C#N)=C3C#N. The van der Waals surface area contributed by atoms with Gasteiger partial charge in [-0.15, -0.1) is 0 Å². The van der Waals surface area contributed by atoms with Crippen LogP contribution in [-0.2, 0) is 0 Å². The van der Waals surface area contributed by atoms with Crippen LogP contribution in [0.5, 0.6) is 0 Å². The molecule has 0 aromatic heterocycles. The van der Waals surface area contributed by atoms with Crippen molar-refractivity contribution in [3.63, 3.8) is 0 Å². The zero-order chi connectivity index (χ0) is 25.2. The Hall–Kier alpha value is -6.92. The Kier molecular flexibility index (Phi) is 5.17. The second-order valence-corrected chi connectivity index (χ2v) is 6.37. The van der Waals surface area contributed by atoms with Crippen LogP contribution >= 0.6 is 0 Å². The predicted octanol–water partition coefficient (Wildman–Crippen LogP) is 2.66. The van der Waals surface area contributed by atoms with E-state index in [4.69, 9.17) is 0 Å². The third kappa shape index (κ3) is 2.45. The maximum absolute atomic E-state index is 10.1. The van der Waals surface area contributed by atoms with E-state index >= 15 is 0 Å². The van der Waals surface area contributed by atoms with E-state index in [0.717, 1.165) is 0 Å². The van der Waals surface area contributed by atoms with E-state index in [0.29, 0.717) is 0 Å². The number of benzene rings is 1. The van der Waals surface area contributed by atoms with Crippen LogP contribution in [-0.4, -0.2) is 0 Å². The lowest BCUT2D eigenvalue weighted by molar-refractivity contribution is 1.37. The van der Waals surface area contributed by atoms with Gasteiger partial charge in [0.15, 0.2) is 0 Å². The van der Waals surface area contributed by atoms with E-state index < -0.39 is 39.0 Å². The summed E-state index contributed by atoms with van der Waals surface area (Å²) in [6.07, 6.45) is 0. The molecule has 0 radical (unpaired) electrons. The van der Waals surface area contributed by atoms with Gasteiger partial charge >= 0.3 is 0 Å². The first-order valence-electron chi connectivity index (χ1n) is 8.74. The Labute approximate surface area is 191 Å². The number of rotatable bonds is 0. The highest BCUT2D eigenvalue weighted by Gasteiger charge is 2.43. The Morgan fingerprint density at radius 2 is 0.647 bits per heavy atom. The summed E-state index contributed by atoms with van der Waals surface area (Å²) in [4.78, 5) is 0. The normalized spacial score (nSPS) is 12.1. The molecule has 0 atom stereocenters. The van der Waals surface area contributed by atoms with Crippen molar-refractivity contribution < 1.29 is 0 Å². The van der Waals surface area contributed by atoms with Gasteiger partial charge in [-0.05, 0) is 0 Å². The fourth-order valence-corrected chi connectivity index (χ4v) is 3.94. The number of hydrogen-bond donors (Lipinski definition) is 0. The molecule has 0 N–H and O–H groups in total. The Morgan fingerprint density at radius 1 is 0.353 bits per heavy atom. The Bertz CT molecular complexity index is 1680. The zero-order valence-electron chi connectivity index (χ0n) is 16.5. The Balaban J connectivity index is 2.89. The maximum Gasteiger partial charge on any atom is 0.138 e. The minimum absolute atomic E-state index is 0.253. The third-order valence-electron chi connectivity index (χ3n) is 5.12. The van der Waals surface area contributed by atoms with Crippen LogP contribution in [0.1, 0.15) is 33.4 Å². The van der Waals surface area contributed by atoms with Gasteiger partial charge in [0.05, 0.1) is 33.4 Å². The molecule has 0 amide bonds. The molecule has 0 saturated heterocycles. The van der Waals surface area contributed by atoms with E-state index in [1.54, 1.807) is 48.6 Å². The lowest BCUT2D eigenvalue weighted by atomic mass is 9.83. The van der Waals surface area contributed by atoms with Crippen LogP contribution in [0.25, 0.3) is 22.3 Å². The summed E-state index contributed by atoms with van der Waals surface area (Å²) in [5, 5.41) is 96.9. The monoisotopic (exact) mass is 428 g/mol. The highest BCUT2D eigenvalue weighted by Crippen LogP contribution is 2.54. The van der Waals surface area contributed by atoms with Gasteiger partial charge in [0.25, 0.3) is 0 Å². The molecular formula is C24N10. The molecule has 10 nitrogen and oxygen atoms in total. The molecule has 2 aliphatic rings. The lowest BCUT2D eigenvalue weighted by Crippen LogP contribution is -2.05. The largest absolute Gasteiger partial charge is 0.192 e.